The first-order valence-corrected chi connectivity index (χ1v) is 9.79. The second-order valence-electron chi connectivity index (χ2n) is 5.68. The molecule has 1 unspecified atom stereocenters. The average molecular weight is 324 g/mol. The first kappa shape index (κ1) is 14.9. The fourth-order valence-corrected chi connectivity index (χ4v) is 4.91. The van der Waals surface area contributed by atoms with Gasteiger partial charge in [-0.05, 0) is 19.8 Å². The highest BCUT2D eigenvalue weighted by atomic mass is 32.2. The van der Waals surface area contributed by atoms with Crippen molar-refractivity contribution in [2.45, 2.75) is 56.5 Å². The van der Waals surface area contributed by atoms with E-state index in [-0.39, 0.29) is 0 Å². The smallest absolute Gasteiger partial charge is 0.149 e. The molecule has 1 aliphatic carbocycles. The van der Waals surface area contributed by atoms with Crippen molar-refractivity contribution >= 4 is 22.1 Å². The van der Waals surface area contributed by atoms with Crippen molar-refractivity contribution in [3.05, 3.63) is 33.6 Å². The molecule has 4 nitrogen and oxygen atoms in total. The molecule has 2 aromatic rings. The van der Waals surface area contributed by atoms with E-state index in [4.69, 9.17) is 9.51 Å². The second-order valence-corrected chi connectivity index (χ2v) is 8.02. The summed E-state index contributed by atoms with van der Waals surface area (Å²) in [5.74, 6) is 2.23. The molecule has 0 N–H and O–H groups in total. The fraction of sp³-hybridized carbons (Fsp3) is 0.600. The van der Waals surface area contributed by atoms with Crippen LogP contribution in [0.25, 0.3) is 0 Å². The van der Waals surface area contributed by atoms with Gasteiger partial charge in [0.05, 0.1) is 27.9 Å². The van der Waals surface area contributed by atoms with Crippen molar-refractivity contribution in [1.82, 2.24) is 10.1 Å². The summed E-state index contributed by atoms with van der Waals surface area (Å²) in [6.07, 6.45) is 6.50. The number of hydrogen-bond donors (Lipinski definition) is 0. The van der Waals surface area contributed by atoms with Gasteiger partial charge in [-0.3, -0.25) is 4.21 Å². The Labute approximate surface area is 131 Å². The zero-order chi connectivity index (χ0) is 14.7. The molecule has 2 heterocycles. The highest BCUT2D eigenvalue weighted by molar-refractivity contribution is 7.83. The molecule has 21 heavy (non-hydrogen) atoms. The van der Waals surface area contributed by atoms with Gasteiger partial charge in [0.1, 0.15) is 5.76 Å². The number of nitrogens with zero attached hydrogens (tertiary/aromatic N) is 2. The van der Waals surface area contributed by atoms with Crippen LogP contribution in [0.15, 0.2) is 16.0 Å². The monoisotopic (exact) mass is 324 g/mol. The Hall–Kier alpha value is -1.01. The van der Waals surface area contributed by atoms with Crippen molar-refractivity contribution in [3.8, 4) is 0 Å². The van der Waals surface area contributed by atoms with E-state index < -0.39 is 10.8 Å². The Bertz CT molecular complexity index is 615. The maximum absolute atomic E-state index is 12.2. The summed E-state index contributed by atoms with van der Waals surface area (Å²) in [7, 11) is -0.990. The quantitative estimate of drug-likeness (QED) is 0.836. The van der Waals surface area contributed by atoms with Crippen LogP contribution in [0, 0.1) is 6.92 Å². The van der Waals surface area contributed by atoms with E-state index in [9.17, 15) is 4.21 Å². The molecule has 1 fully saturated rings. The summed E-state index contributed by atoms with van der Waals surface area (Å²) in [5, 5.41) is 7.12. The van der Waals surface area contributed by atoms with Crippen LogP contribution in [0.5, 0.6) is 0 Å². The normalized spacial score (nSPS) is 18.0. The third-order valence-corrected chi connectivity index (χ3v) is 6.09. The molecule has 6 heteroatoms. The van der Waals surface area contributed by atoms with Gasteiger partial charge in [0, 0.05) is 28.2 Å². The Balaban J connectivity index is 1.57. The third-order valence-electron chi connectivity index (χ3n) is 3.81. The number of rotatable bonds is 5. The predicted molar refractivity (Wildman–Crippen MR) is 84.7 cm³/mol. The first-order valence-electron chi connectivity index (χ1n) is 7.42. The van der Waals surface area contributed by atoms with Gasteiger partial charge in [0.2, 0.25) is 0 Å². The lowest BCUT2D eigenvalue weighted by atomic mass is 9.90. The van der Waals surface area contributed by atoms with E-state index in [0.29, 0.717) is 23.2 Å². The molecule has 1 atom stereocenters. The van der Waals surface area contributed by atoms with Crippen LogP contribution in [-0.4, -0.2) is 14.3 Å². The van der Waals surface area contributed by atoms with E-state index in [1.165, 1.54) is 37.1 Å². The van der Waals surface area contributed by atoms with Crippen molar-refractivity contribution in [1.29, 1.82) is 0 Å². The highest BCUT2D eigenvalue weighted by Crippen LogP contribution is 2.34. The molecule has 114 valence electrons. The summed E-state index contributed by atoms with van der Waals surface area (Å²) in [6.45, 7) is 1.87. The SMILES string of the molecule is Cc1cc(CS(=O)Cc2csc(C3CCCCC3)n2)on1. The van der Waals surface area contributed by atoms with E-state index in [0.717, 1.165) is 11.4 Å². The second kappa shape index (κ2) is 6.83. The van der Waals surface area contributed by atoms with Crippen LogP contribution >= 0.6 is 11.3 Å². The standard InChI is InChI=1S/C15H20N2O2S2/c1-11-7-14(19-17-11)10-21(18)9-13-8-20-15(16-13)12-5-3-2-4-6-12/h7-8,12H,2-6,9-10H2,1H3. The maximum atomic E-state index is 12.2. The van der Waals surface area contributed by atoms with Gasteiger partial charge in [0.15, 0.2) is 0 Å². The first-order chi connectivity index (χ1) is 10.2. The molecular formula is C15H20N2O2S2. The van der Waals surface area contributed by atoms with Gasteiger partial charge in [-0.1, -0.05) is 24.4 Å². The molecule has 2 aromatic heterocycles. The largest absolute Gasteiger partial charge is 0.360 e. The van der Waals surface area contributed by atoms with Crippen LogP contribution in [-0.2, 0) is 22.3 Å². The van der Waals surface area contributed by atoms with Crippen molar-refractivity contribution in [2.24, 2.45) is 0 Å². The molecule has 0 aliphatic heterocycles. The predicted octanol–water partition coefficient (Wildman–Crippen LogP) is 3.94. The minimum absolute atomic E-state index is 0.414. The minimum Gasteiger partial charge on any atom is -0.360 e. The van der Waals surface area contributed by atoms with Crippen LogP contribution in [0.4, 0.5) is 0 Å². The van der Waals surface area contributed by atoms with Crippen LogP contribution < -0.4 is 0 Å². The molecule has 0 bridgehead atoms. The molecule has 3 rings (SSSR count). The van der Waals surface area contributed by atoms with E-state index in [1.54, 1.807) is 11.3 Å². The molecule has 1 aliphatic rings. The molecular weight excluding hydrogens is 304 g/mol. The van der Waals surface area contributed by atoms with Crippen LogP contribution in [0.3, 0.4) is 0 Å². The zero-order valence-corrected chi connectivity index (χ0v) is 13.8. The molecule has 0 aromatic carbocycles. The fourth-order valence-electron chi connectivity index (χ4n) is 2.78. The Morgan fingerprint density at radius 3 is 2.86 bits per heavy atom. The van der Waals surface area contributed by atoms with Crippen LogP contribution in [0.1, 0.15) is 60.2 Å². The lowest BCUT2D eigenvalue weighted by Gasteiger charge is -2.18. The van der Waals surface area contributed by atoms with Gasteiger partial charge in [-0.15, -0.1) is 11.3 Å². The Kier molecular flexibility index (Phi) is 4.85. The summed E-state index contributed by atoms with van der Waals surface area (Å²) < 4.78 is 17.3. The highest BCUT2D eigenvalue weighted by Gasteiger charge is 2.19. The molecule has 1 saturated carbocycles. The Morgan fingerprint density at radius 1 is 1.33 bits per heavy atom. The topological polar surface area (TPSA) is 56.0 Å². The van der Waals surface area contributed by atoms with Crippen LogP contribution in [0.2, 0.25) is 0 Å². The van der Waals surface area contributed by atoms with E-state index in [1.807, 2.05) is 13.0 Å². The summed E-state index contributed by atoms with van der Waals surface area (Å²) in [5.41, 5.74) is 1.78. The summed E-state index contributed by atoms with van der Waals surface area (Å²) >= 11 is 1.73. The molecule has 0 amide bonds. The molecule has 0 saturated heterocycles. The van der Waals surface area contributed by atoms with E-state index in [2.05, 4.69) is 10.5 Å². The minimum atomic E-state index is -0.990. The van der Waals surface area contributed by atoms with Gasteiger partial charge in [-0.2, -0.15) is 0 Å². The van der Waals surface area contributed by atoms with Crippen molar-refractivity contribution in [3.63, 3.8) is 0 Å². The number of aromatic nitrogens is 2. The van der Waals surface area contributed by atoms with Crippen molar-refractivity contribution < 1.29 is 8.73 Å². The third kappa shape index (κ3) is 4.01. The lowest BCUT2D eigenvalue weighted by molar-refractivity contribution is 0.390. The molecule has 0 radical (unpaired) electrons. The van der Waals surface area contributed by atoms with Gasteiger partial charge in [0.25, 0.3) is 0 Å². The number of aryl methyl sites for hydroxylation is 1. The maximum Gasteiger partial charge on any atom is 0.149 e. The summed E-state index contributed by atoms with van der Waals surface area (Å²) in [4.78, 5) is 4.70. The number of thiazole rings is 1. The van der Waals surface area contributed by atoms with Gasteiger partial charge < -0.3 is 4.52 Å². The Morgan fingerprint density at radius 2 is 2.14 bits per heavy atom. The van der Waals surface area contributed by atoms with Gasteiger partial charge >= 0.3 is 0 Å². The lowest BCUT2D eigenvalue weighted by Crippen LogP contribution is -2.05. The average Bonchev–Trinajstić information content (AvgIpc) is 3.09. The zero-order valence-electron chi connectivity index (χ0n) is 12.2. The molecule has 0 spiro atoms. The number of hydrogen-bond acceptors (Lipinski definition) is 5. The van der Waals surface area contributed by atoms with Crippen molar-refractivity contribution in [2.75, 3.05) is 0 Å². The van der Waals surface area contributed by atoms with Gasteiger partial charge in [-0.25, -0.2) is 4.98 Å². The summed E-state index contributed by atoms with van der Waals surface area (Å²) in [6, 6.07) is 1.84. The van der Waals surface area contributed by atoms with E-state index >= 15 is 0 Å².